The van der Waals surface area contributed by atoms with Crippen LogP contribution in [0.4, 0.5) is 0 Å². The van der Waals surface area contributed by atoms with Crippen LogP contribution in [0.1, 0.15) is 19.3 Å². The lowest BCUT2D eigenvalue weighted by atomic mass is 10.2. The molecule has 1 aliphatic rings. The Kier molecular flexibility index (Phi) is 3.55. The van der Waals surface area contributed by atoms with Gasteiger partial charge in [0.25, 0.3) is 0 Å². The van der Waals surface area contributed by atoms with E-state index < -0.39 is 0 Å². The standard InChI is InChI=1S/C8H12N2O2/c9-4-3-8(11)10-6-7-2-1-5-12-7/h7H,1-3,5-6H2,(H,10,11)/t7-/m1/s1. The third-order valence-corrected chi connectivity index (χ3v) is 1.79. The molecule has 1 atom stereocenters. The van der Waals surface area contributed by atoms with Gasteiger partial charge in [0.2, 0.25) is 5.91 Å². The summed E-state index contributed by atoms with van der Waals surface area (Å²) >= 11 is 0. The summed E-state index contributed by atoms with van der Waals surface area (Å²) in [6.45, 7) is 1.33. The SMILES string of the molecule is N#CCC(=O)NC[C@H]1CCCO1. The molecule has 12 heavy (non-hydrogen) atoms. The van der Waals surface area contributed by atoms with Crippen molar-refractivity contribution in [2.24, 2.45) is 0 Å². The molecule has 0 spiro atoms. The molecule has 0 radical (unpaired) electrons. The van der Waals surface area contributed by atoms with Crippen LogP contribution in [0.3, 0.4) is 0 Å². The molecule has 0 aliphatic carbocycles. The number of amides is 1. The van der Waals surface area contributed by atoms with E-state index in [1.165, 1.54) is 0 Å². The van der Waals surface area contributed by atoms with Crippen LogP contribution in [0.15, 0.2) is 0 Å². The average molecular weight is 168 g/mol. The Hall–Kier alpha value is -1.08. The van der Waals surface area contributed by atoms with E-state index in [4.69, 9.17) is 10.00 Å². The predicted molar refractivity (Wildman–Crippen MR) is 42.2 cm³/mol. The van der Waals surface area contributed by atoms with Gasteiger partial charge in [-0.2, -0.15) is 5.26 Å². The number of carbonyl (C=O) groups excluding carboxylic acids is 1. The first kappa shape index (κ1) is 9.01. The van der Waals surface area contributed by atoms with Gasteiger partial charge in [-0.25, -0.2) is 0 Å². The lowest BCUT2D eigenvalue weighted by Crippen LogP contribution is -2.31. The maximum Gasteiger partial charge on any atom is 0.234 e. The molecule has 1 heterocycles. The van der Waals surface area contributed by atoms with Gasteiger partial charge in [0.15, 0.2) is 0 Å². The lowest BCUT2D eigenvalue weighted by molar-refractivity contribution is -0.120. The largest absolute Gasteiger partial charge is 0.376 e. The number of nitriles is 1. The fourth-order valence-corrected chi connectivity index (χ4v) is 1.17. The summed E-state index contributed by atoms with van der Waals surface area (Å²) in [6, 6.07) is 1.79. The Labute approximate surface area is 71.5 Å². The fourth-order valence-electron chi connectivity index (χ4n) is 1.17. The van der Waals surface area contributed by atoms with Crippen LogP contribution >= 0.6 is 0 Å². The van der Waals surface area contributed by atoms with Crippen LogP contribution in [0, 0.1) is 11.3 Å². The molecule has 1 amide bonds. The van der Waals surface area contributed by atoms with Crippen molar-refractivity contribution in [3.05, 3.63) is 0 Å². The zero-order valence-electron chi connectivity index (χ0n) is 6.88. The van der Waals surface area contributed by atoms with Crippen LogP contribution in [-0.2, 0) is 9.53 Å². The van der Waals surface area contributed by atoms with Crippen molar-refractivity contribution in [2.75, 3.05) is 13.2 Å². The number of rotatable bonds is 3. The summed E-state index contributed by atoms with van der Waals surface area (Å²) in [5, 5.41) is 10.8. The summed E-state index contributed by atoms with van der Waals surface area (Å²) in [5.41, 5.74) is 0. The molecule has 0 saturated carbocycles. The number of hydrogen-bond donors (Lipinski definition) is 1. The molecule has 0 bridgehead atoms. The van der Waals surface area contributed by atoms with E-state index in [0.717, 1.165) is 19.4 Å². The smallest absolute Gasteiger partial charge is 0.234 e. The fraction of sp³-hybridized carbons (Fsp3) is 0.750. The van der Waals surface area contributed by atoms with Crippen molar-refractivity contribution in [2.45, 2.75) is 25.4 Å². The molecule has 1 aliphatic heterocycles. The van der Waals surface area contributed by atoms with Gasteiger partial charge in [0.1, 0.15) is 6.42 Å². The third kappa shape index (κ3) is 2.89. The van der Waals surface area contributed by atoms with Gasteiger partial charge in [-0.3, -0.25) is 4.79 Å². The highest BCUT2D eigenvalue weighted by atomic mass is 16.5. The Morgan fingerprint density at radius 2 is 2.58 bits per heavy atom. The molecule has 1 saturated heterocycles. The second-order valence-electron chi connectivity index (χ2n) is 2.77. The maximum atomic E-state index is 10.8. The maximum absolute atomic E-state index is 10.8. The van der Waals surface area contributed by atoms with E-state index in [0.29, 0.717) is 6.54 Å². The van der Waals surface area contributed by atoms with E-state index in [1.807, 2.05) is 0 Å². The molecule has 66 valence electrons. The normalized spacial score (nSPS) is 21.8. The average Bonchev–Trinajstić information content (AvgIpc) is 2.53. The molecule has 1 fully saturated rings. The van der Waals surface area contributed by atoms with Crippen molar-refractivity contribution in [3.63, 3.8) is 0 Å². The van der Waals surface area contributed by atoms with Crippen LogP contribution < -0.4 is 5.32 Å². The molecular weight excluding hydrogens is 156 g/mol. The second-order valence-corrected chi connectivity index (χ2v) is 2.77. The van der Waals surface area contributed by atoms with Crippen LogP contribution in [0.5, 0.6) is 0 Å². The van der Waals surface area contributed by atoms with Crippen LogP contribution in [-0.4, -0.2) is 25.2 Å². The molecule has 0 unspecified atom stereocenters. The highest BCUT2D eigenvalue weighted by Gasteiger charge is 2.15. The summed E-state index contributed by atoms with van der Waals surface area (Å²) in [5.74, 6) is -0.215. The van der Waals surface area contributed by atoms with Crippen molar-refractivity contribution in [1.82, 2.24) is 5.32 Å². The molecule has 0 aromatic carbocycles. The van der Waals surface area contributed by atoms with Gasteiger partial charge >= 0.3 is 0 Å². The van der Waals surface area contributed by atoms with Gasteiger partial charge < -0.3 is 10.1 Å². The van der Waals surface area contributed by atoms with Gasteiger partial charge in [-0.1, -0.05) is 0 Å². The Balaban J connectivity index is 2.08. The van der Waals surface area contributed by atoms with Crippen LogP contribution in [0.25, 0.3) is 0 Å². The zero-order valence-corrected chi connectivity index (χ0v) is 6.88. The molecule has 1 rings (SSSR count). The zero-order chi connectivity index (χ0) is 8.81. The molecule has 4 heteroatoms. The Morgan fingerprint density at radius 3 is 3.17 bits per heavy atom. The van der Waals surface area contributed by atoms with Gasteiger partial charge in [0.05, 0.1) is 12.2 Å². The van der Waals surface area contributed by atoms with E-state index in [1.54, 1.807) is 6.07 Å². The minimum Gasteiger partial charge on any atom is -0.376 e. The highest BCUT2D eigenvalue weighted by Crippen LogP contribution is 2.10. The molecule has 0 aromatic rings. The van der Waals surface area contributed by atoms with Crippen LogP contribution in [0.2, 0.25) is 0 Å². The monoisotopic (exact) mass is 168 g/mol. The number of ether oxygens (including phenoxy) is 1. The summed E-state index contributed by atoms with van der Waals surface area (Å²) < 4.78 is 5.28. The van der Waals surface area contributed by atoms with Crippen molar-refractivity contribution < 1.29 is 9.53 Å². The minimum absolute atomic E-state index is 0.0628. The van der Waals surface area contributed by atoms with Crippen molar-refractivity contribution >= 4 is 5.91 Å². The van der Waals surface area contributed by atoms with E-state index >= 15 is 0 Å². The molecular formula is C8H12N2O2. The molecule has 1 N–H and O–H groups in total. The topological polar surface area (TPSA) is 62.1 Å². The number of carbonyl (C=O) groups is 1. The number of nitrogens with zero attached hydrogens (tertiary/aromatic N) is 1. The summed E-state index contributed by atoms with van der Waals surface area (Å²) in [7, 11) is 0. The number of nitrogens with one attached hydrogen (secondary N) is 1. The Morgan fingerprint density at radius 1 is 1.75 bits per heavy atom. The first-order chi connectivity index (χ1) is 5.83. The number of hydrogen-bond acceptors (Lipinski definition) is 3. The second kappa shape index (κ2) is 4.73. The van der Waals surface area contributed by atoms with E-state index in [2.05, 4.69) is 5.32 Å². The third-order valence-electron chi connectivity index (χ3n) is 1.79. The Bertz CT molecular complexity index is 192. The van der Waals surface area contributed by atoms with Gasteiger partial charge in [0, 0.05) is 13.2 Å². The van der Waals surface area contributed by atoms with E-state index in [-0.39, 0.29) is 18.4 Å². The lowest BCUT2D eigenvalue weighted by Gasteiger charge is -2.08. The predicted octanol–water partition coefficient (Wildman–Crippen LogP) is 0.195. The summed E-state index contributed by atoms with van der Waals surface area (Å²) in [6.07, 6.45) is 2.17. The van der Waals surface area contributed by atoms with Crippen molar-refractivity contribution in [1.29, 1.82) is 5.26 Å². The van der Waals surface area contributed by atoms with Gasteiger partial charge in [-0.15, -0.1) is 0 Å². The van der Waals surface area contributed by atoms with E-state index in [9.17, 15) is 4.79 Å². The summed E-state index contributed by atoms with van der Waals surface area (Å²) in [4.78, 5) is 10.8. The quantitative estimate of drug-likeness (QED) is 0.654. The first-order valence-electron chi connectivity index (χ1n) is 4.08. The molecule has 0 aromatic heterocycles. The van der Waals surface area contributed by atoms with Gasteiger partial charge in [-0.05, 0) is 12.8 Å². The van der Waals surface area contributed by atoms with Crippen molar-refractivity contribution in [3.8, 4) is 6.07 Å². The molecule has 4 nitrogen and oxygen atoms in total. The minimum atomic E-state index is -0.215. The highest BCUT2D eigenvalue weighted by molar-refractivity contribution is 5.77. The first-order valence-corrected chi connectivity index (χ1v) is 4.08.